The average Bonchev–Trinajstić information content (AvgIpc) is 2.94. The molecule has 2 aliphatic rings. The normalized spacial score (nSPS) is 26.6. The lowest BCUT2D eigenvalue weighted by molar-refractivity contribution is 0.298. The Balaban J connectivity index is 1.65. The van der Waals surface area contributed by atoms with Crippen LogP contribution in [0.25, 0.3) is 0 Å². The molecule has 0 amide bonds. The van der Waals surface area contributed by atoms with Crippen molar-refractivity contribution >= 4 is 0 Å². The molecule has 2 unspecified atom stereocenters. The van der Waals surface area contributed by atoms with Crippen LogP contribution in [-0.2, 0) is 6.54 Å². The van der Waals surface area contributed by atoms with Crippen LogP contribution in [0, 0.1) is 11.8 Å². The Morgan fingerprint density at radius 3 is 2.68 bits per heavy atom. The van der Waals surface area contributed by atoms with E-state index in [2.05, 4.69) is 4.90 Å². The van der Waals surface area contributed by atoms with Crippen molar-refractivity contribution in [2.75, 3.05) is 19.7 Å². The fourth-order valence-corrected chi connectivity index (χ4v) is 3.65. The van der Waals surface area contributed by atoms with Crippen molar-refractivity contribution in [3.05, 3.63) is 23.8 Å². The highest BCUT2D eigenvalue weighted by atomic mass is 16.5. The van der Waals surface area contributed by atoms with Crippen LogP contribution in [0.4, 0.5) is 0 Å². The van der Waals surface area contributed by atoms with Gasteiger partial charge in [0.2, 0.25) is 0 Å². The van der Waals surface area contributed by atoms with Gasteiger partial charge in [0.1, 0.15) is 0 Å². The number of fused-ring (bicyclic) bond motifs is 1. The Bertz CT molecular complexity index is 434. The first-order valence-corrected chi connectivity index (χ1v) is 7.43. The number of hydrogen-bond donors (Lipinski definition) is 1. The summed E-state index contributed by atoms with van der Waals surface area (Å²) in [6.45, 7) is 6.00. The fraction of sp³-hybridized carbons (Fsp3) is 0.625. The minimum atomic E-state index is 0.240. The van der Waals surface area contributed by atoms with Gasteiger partial charge in [-0.2, -0.15) is 0 Å². The third-order valence-electron chi connectivity index (χ3n) is 4.53. The average molecular weight is 261 g/mol. The van der Waals surface area contributed by atoms with Gasteiger partial charge in [-0.05, 0) is 49.3 Å². The molecule has 0 bridgehead atoms. The number of nitrogens with zero attached hydrogens (tertiary/aromatic N) is 1. The molecule has 0 radical (unpaired) electrons. The molecule has 3 nitrogen and oxygen atoms in total. The van der Waals surface area contributed by atoms with E-state index >= 15 is 0 Å². The Hall–Kier alpha value is -1.22. The molecular formula is C16H23NO2. The Morgan fingerprint density at radius 2 is 2.00 bits per heavy atom. The number of aromatic hydroxyl groups is 1. The zero-order valence-corrected chi connectivity index (χ0v) is 11.6. The highest BCUT2D eigenvalue weighted by Crippen LogP contribution is 2.38. The quantitative estimate of drug-likeness (QED) is 0.904. The smallest absolute Gasteiger partial charge is 0.161 e. The number of hydrogen-bond acceptors (Lipinski definition) is 3. The maximum absolute atomic E-state index is 9.72. The van der Waals surface area contributed by atoms with Crippen LogP contribution in [0.3, 0.4) is 0 Å². The van der Waals surface area contributed by atoms with E-state index < -0.39 is 0 Å². The van der Waals surface area contributed by atoms with E-state index in [1.54, 1.807) is 6.07 Å². The van der Waals surface area contributed by atoms with E-state index in [4.69, 9.17) is 4.74 Å². The lowest BCUT2D eigenvalue weighted by Crippen LogP contribution is -2.21. The zero-order valence-electron chi connectivity index (χ0n) is 11.6. The van der Waals surface area contributed by atoms with Gasteiger partial charge in [-0.25, -0.2) is 0 Å². The molecule has 3 rings (SSSR count). The van der Waals surface area contributed by atoms with Gasteiger partial charge in [0.05, 0.1) is 6.61 Å². The van der Waals surface area contributed by atoms with E-state index in [0.29, 0.717) is 12.4 Å². The van der Waals surface area contributed by atoms with Gasteiger partial charge in [-0.15, -0.1) is 0 Å². The summed E-state index contributed by atoms with van der Waals surface area (Å²) in [5, 5.41) is 9.72. The van der Waals surface area contributed by atoms with Gasteiger partial charge in [0, 0.05) is 19.6 Å². The third kappa shape index (κ3) is 2.71. The fourth-order valence-electron chi connectivity index (χ4n) is 3.65. The molecule has 104 valence electrons. The summed E-state index contributed by atoms with van der Waals surface area (Å²) in [5.41, 5.74) is 1.24. The van der Waals surface area contributed by atoms with Crippen LogP contribution in [0.2, 0.25) is 0 Å². The molecule has 1 aliphatic heterocycles. The molecule has 1 aromatic carbocycles. The zero-order chi connectivity index (χ0) is 13.2. The number of rotatable bonds is 4. The molecule has 2 fully saturated rings. The van der Waals surface area contributed by atoms with Crippen molar-refractivity contribution in [1.29, 1.82) is 0 Å². The molecule has 1 heterocycles. The van der Waals surface area contributed by atoms with Gasteiger partial charge < -0.3 is 9.84 Å². The Morgan fingerprint density at radius 1 is 1.26 bits per heavy atom. The first-order valence-electron chi connectivity index (χ1n) is 7.43. The SMILES string of the molecule is CCOc1cc(CN2CC3CCCC3C2)ccc1O. The van der Waals surface area contributed by atoms with E-state index in [1.165, 1.54) is 37.9 Å². The van der Waals surface area contributed by atoms with Crippen molar-refractivity contribution in [3.63, 3.8) is 0 Å². The summed E-state index contributed by atoms with van der Waals surface area (Å²) in [7, 11) is 0. The second kappa shape index (κ2) is 5.41. The first-order chi connectivity index (χ1) is 9.26. The van der Waals surface area contributed by atoms with Crippen LogP contribution in [0.15, 0.2) is 18.2 Å². The summed E-state index contributed by atoms with van der Waals surface area (Å²) < 4.78 is 5.45. The number of phenolic OH excluding ortho intramolecular Hbond substituents is 1. The van der Waals surface area contributed by atoms with Crippen LogP contribution in [0.5, 0.6) is 11.5 Å². The Labute approximate surface area is 115 Å². The number of phenols is 1. The van der Waals surface area contributed by atoms with Crippen molar-refractivity contribution in [1.82, 2.24) is 4.90 Å². The minimum Gasteiger partial charge on any atom is -0.504 e. The van der Waals surface area contributed by atoms with Crippen LogP contribution in [-0.4, -0.2) is 29.7 Å². The van der Waals surface area contributed by atoms with Gasteiger partial charge in [0.25, 0.3) is 0 Å². The molecule has 2 atom stereocenters. The predicted octanol–water partition coefficient (Wildman–Crippen LogP) is 3.02. The molecule has 19 heavy (non-hydrogen) atoms. The summed E-state index contributed by atoms with van der Waals surface area (Å²) in [6.07, 6.45) is 4.26. The van der Waals surface area contributed by atoms with E-state index in [1.807, 2.05) is 19.1 Å². The highest BCUT2D eigenvalue weighted by Gasteiger charge is 2.35. The Kier molecular flexibility index (Phi) is 3.65. The first kappa shape index (κ1) is 12.8. The van der Waals surface area contributed by atoms with Gasteiger partial charge in [-0.3, -0.25) is 4.90 Å². The topological polar surface area (TPSA) is 32.7 Å². The summed E-state index contributed by atoms with van der Waals surface area (Å²) in [6, 6.07) is 5.73. The monoisotopic (exact) mass is 261 g/mol. The molecule has 1 aromatic rings. The predicted molar refractivity (Wildman–Crippen MR) is 75.4 cm³/mol. The number of benzene rings is 1. The molecule has 1 saturated carbocycles. The van der Waals surface area contributed by atoms with Crippen LogP contribution < -0.4 is 4.74 Å². The highest BCUT2D eigenvalue weighted by molar-refractivity contribution is 5.41. The van der Waals surface area contributed by atoms with Crippen molar-refractivity contribution in [2.45, 2.75) is 32.7 Å². The number of ether oxygens (including phenoxy) is 1. The molecule has 1 saturated heterocycles. The number of likely N-dealkylation sites (tertiary alicyclic amines) is 1. The minimum absolute atomic E-state index is 0.240. The van der Waals surface area contributed by atoms with E-state index in [9.17, 15) is 5.11 Å². The second-order valence-electron chi connectivity index (χ2n) is 5.88. The maximum Gasteiger partial charge on any atom is 0.161 e. The van der Waals surface area contributed by atoms with Gasteiger partial charge in [-0.1, -0.05) is 12.5 Å². The lowest BCUT2D eigenvalue weighted by atomic mass is 10.0. The molecule has 0 spiro atoms. The molecule has 1 aliphatic carbocycles. The van der Waals surface area contributed by atoms with Crippen LogP contribution in [0.1, 0.15) is 31.7 Å². The summed E-state index contributed by atoms with van der Waals surface area (Å²) in [4.78, 5) is 2.55. The molecule has 3 heteroatoms. The van der Waals surface area contributed by atoms with Gasteiger partial charge >= 0.3 is 0 Å². The standard InChI is InChI=1S/C16H23NO2/c1-2-19-16-8-12(6-7-15(16)18)9-17-10-13-4-3-5-14(13)11-17/h6-8,13-14,18H,2-5,9-11H2,1H3. The van der Waals surface area contributed by atoms with E-state index in [0.717, 1.165) is 18.4 Å². The van der Waals surface area contributed by atoms with Crippen molar-refractivity contribution < 1.29 is 9.84 Å². The second-order valence-corrected chi connectivity index (χ2v) is 5.88. The summed E-state index contributed by atoms with van der Waals surface area (Å²) in [5.74, 6) is 2.72. The van der Waals surface area contributed by atoms with Crippen LogP contribution >= 0.6 is 0 Å². The maximum atomic E-state index is 9.72. The molecule has 0 aromatic heterocycles. The van der Waals surface area contributed by atoms with Crippen molar-refractivity contribution in [2.24, 2.45) is 11.8 Å². The van der Waals surface area contributed by atoms with E-state index in [-0.39, 0.29) is 5.75 Å². The van der Waals surface area contributed by atoms with Crippen molar-refractivity contribution in [3.8, 4) is 11.5 Å². The molecular weight excluding hydrogens is 238 g/mol. The third-order valence-corrected chi connectivity index (χ3v) is 4.53. The molecule has 1 N–H and O–H groups in total. The summed E-state index contributed by atoms with van der Waals surface area (Å²) >= 11 is 0. The largest absolute Gasteiger partial charge is 0.504 e. The van der Waals surface area contributed by atoms with Gasteiger partial charge in [0.15, 0.2) is 11.5 Å². The lowest BCUT2D eigenvalue weighted by Gasteiger charge is -2.17.